The van der Waals surface area contributed by atoms with E-state index in [0.29, 0.717) is 0 Å². The molecule has 0 aromatic rings. The highest BCUT2D eigenvalue weighted by atomic mass is 35.6. The lowest BCUT2D eigenvalue weighted by Crippen LogP contribution is -2.55. The fraction of sp³-hybridized carbons (Fsp3) is 1.00. The van der Waals surface area contributed by atoms with Crippen LogP contribution in [0.25, 0.3) is 0 Å². The van der Waals surface area contributed by atoms with E-state index in [1.165, 1.54) is 7.11 Å². The lowest BCUT2D eigenvalue weighted by atomic mass is 10.0. The van der Waals surface area contributed by atoms with E-state index in [1.54, 1.807) is 6.92 Å². The van der Waals surface area contributed by atoms with Gasteiger partial charge in [-0.15, -0.1) is 0 Å². The molecule has 0 spiro atoms. The van der Waals surface area contributed by atoms with Crippen LogP contribution in [0.4, 0.5) is 0 Å². The van der Waals surface area contributed by atoms with Gasteiger partial charge < -0.3 is 24.1 Å². The Morgan fingerprint density at radius 3 is 2.24 bits per heavy atom. The minimum absolute atomic E-state index is 0.328. The van der Waals surface area contributed by atoms with Gasteiger partial charge in [-0.25, -0.2) is 0 Å². The fourth-order valence-electron chi connectivity index (χ4n) is 2.00. The van der Waals surface area contributed by atoms with Crippen LogP contribution in [0.15, 0.2) is 0 Å². The molecule has 0 bridgehead atoms. The summed E-state index contributed by atoms with van der Waals surface area (Å²) in [5.41, 5.74) is 0. The van der Waals surface area contributed by atoms with Gasteiger partial charge >= 0.3 is 0 Å². The lowest BCUT2D eigenvalue weighted by Gasteiger charge is -2.37. The molecule has 5 nitrogen and oxygen atoms in total. The number of hydrogen-bond acceptors (Lipinski definition) is 5. The molecule has 8 heteroatoms. The van der Waals surface area contributed by atoms with Crippen molar-refractivity contribution in [3.05, 3.63) is 0 Å². The molecule has 2 saturated heterocycles. The van der Waals surface area contributed by atoms with E-state index >= 15 is 0 Å². The molecule has 0 aromatic heterocycles. The molecule has 2 fully saturated rings. The molecule has 2 aliphatic rings. The zero-order chi connectivity index (χ0) is 12.8. The highest BCUT2D eigenvalue weighted by Crippen LogP contribution is 2.42. The van der Waals surface area contributed by atoms with Crippen LogP contribution in [0.5, 0.6) is 0 Å². The third-order valence-corrected chi connectivity index (χ3v) is 3.35. The summed E-state index contributed by atoms with van der Waals surface area (Å²) in [5.74, 6) is 0. The second-order valence-electron chi connectivity index (χ2n) is 4.01. The monoisotopic (exact) mass is 306 g/mol. The van der Waals surface area contributed by atoms with E-state index in [0.717, 1.165) is 0 Å². The molecule has 0 aliphatic carbocycles. The van der Waals surface area contributed by atoms with Crippen LogP contribution in [-0.4, -0.2) is 53.0 Å². The molecule has 2 rings (SSSR count). The fourth-order valence-corrected chi connectivity index (χ4v) is 2.31. The summed E-state index contributed by atoms with van der Waals surface area (Å²) in [5, 5.41) is 9.96. The quantitative estimate of drug-likeness (QED) is 0.738. The van der Waals surface area contributed by atoms with Crippen LogP contribution < -0.4 is 0 Å². The van der Waals surface area contributed by atoms with Crippen molar-refractivity contribution >= 4 is 34.8 Å². The minimum Gasteiger partial charge on any atom is -0.385 e. The number of methoxy groups -OCH3 is 1. The Labute approximate surface area is 114 Å². The summed E-state index contributed by atoms with van der Waals surface area (Å²) in [6.07, 6.45) is -4.24. The van der Waals surface area contributed by atoms with Crippen LogP contribution >= 0.6 is 34.8 Å². The third kappa shape index (κ3) is 2.67. The molecule has 0 radical (unpaired) electrons. The largest absolute Gasteiger partial charge is 0.385 e. The highest BCUT2D eigenvalue weighted by molar-refractivity contribution is 6.67. The number of aliphatic hydroxyl groups is 1. The number of hydrogen-bond donors (Lipinski definition) is 1. The average molecular weight is 308 g/mol. The van der Waals surface area contributed by atoms with E-state index in [-0.39, 0.29) is 6.10 Å². The molecule has 2 heterocycles. The summed E-state index contributed by atoms with van der Waals surface area (Å²) in [4.78, 5) is 0. The Morgan fingerprint density at radius 2 is 1.71 bits per heavy atom. The SMILES string of the molecule is CO[C@@H]1O[C@@H](C)[C@@H]2O[C@@H](C(Cl)(Cl)Cl)O[C@@H]2[C@H]1O. The van der Waals surface area contributed by atoms with Crippen LogP contribution in [0.2, 0.25) is 0 Å². The normalized spacial score (nSPS) is 46.9. The van der Waals surface area contributed by atoms with E-state index in [1.807, 2.05) is 0 Å². The first-order valence-electron chi connectivity index (χ1n) is 5.08. The topological polar surface area (TPSA) is 57.2 Å². The predicted octanol–water partition coefficient (Wildman–Crippen LogP) is 1.22. The first kappa shape index (κ1) is 14.1. The van der Waals surface area contributed by atoms with Gasteiger partial charge in [-0.2, -0.15) is 0 Å². The number of aliphatic hydroxyl groups excluding tert-OH is 1. The Kier molecular flexibility index (Phi) is 4.13. The maximum absolute atomic E-state index is 9.96. The van der Waals surface area contributed by atoms with Crippen LogP contribution in [0, 0.1) is 0 Å². The number of ether oxygens (including phenoxy) is 4. The number of rotatable bonds is 1. The van der Waals surface area contributed by atoms with Crippen molar-refractivity contribution in [3.8, 4) is 0 Å². The molecule has 2 aliphatic heterocycles. The summed E-state index contributed by atoms with van der Waals surface area (Å²) in [7, 11) is 1.43. The van der Waals surface area contributed by atoms with Crippen molar-refractivity contribution in [1.29, 1.82) is 0 Å². The van der Waals surface area contributed by atoms with Gasteiger partial charge in [0.2, 0.25) is 10.1 Å². The van der Waals surface area contributed by atoms with E-state index in [4.69, 9.17) is 53.8 Å². The van der Waals surface area contributed by atoms with E-state index in [2.05, 4.69) is 0 Å². The van der Waals surface area contributed by atoms with Crippen molar-refractivity contribution in [2.45, 2.75) is 47.7 Å². The Balaban J connectivity index is 2.13. The molecule has 1 N–H and O–H groups in total. The van der Waals surface area contributed by atoms with Gasteiger partial charge in [0.15, 0.2) is 6.29 Å². The van der Waals surface area contributed by atoms with Gasteiger partial charge in [-0.05, 0) is 6.92 Å². The molecule has 0 unspecified atom stereocenters. The van der Waals surface area contributed by atoms with E-state index in [9.17, 15) is 5.11 Å². The van der Waals surface area contributed by atoms with Crippen LogP contribution in [0.3, 0.4) is 0 Å². The smallest absolute Gasteiger partial charge is 0.240 e. The summed E-state index contributed by atoms with van der Waals surface area (Å²) in [6, 6.07) is 0. The summed E-state index contributed by atoms with van der Waals surface area (Å²) < 4.78 is 19.6. The Hall–Kier alpha value is 0.670. The first-order valence-corrected chi connectivity index (χ1v) is 6.22. The molecule has 0 aromatic carbocycles. The molecule has 17 heavy (non-hydrogen) atoms. The van der Waals surface area contributed by atoms with Crippen molar-refractivity contribution in [2.24, 2.45) is 0 Å². The lowest BCUT2D eigenvalue weighted by molar-refractivity contribution is -0.265. The molecular formula is C9H13Cl3O5. The van der Waals surface area contributed by atoms with Crippen molar-refractivity contribution in [3.63, 3.8) is 0 Å². The first-order chi connectivity index (χ1) is 7.84. The Morgan fingerprint density at radius 1 is 1.12 bits per heavy atom. The maximum Gasteiger partial charge on any atom is 0.240 e. The highest BCUT2D eigenvalue weighted by Gasteiger charge is 2.55. The molecular weight excluding hydrogens is 294 g/mol. The number of halogens is 3. The summed E-state index contributed by atoms with van der Waals surface area (Å²) >= 11 is 17.1. The van der Waals surface area contributed by atoms with E-state index < -0.39 is 34.7 Å². The zero-order valence-corrected chi connectivity index (χ0v) is 11.4. The van der Waals surface area contributed by atoms with Gasteiger partial charge in [0.25, 0.3) is 0 Å². The van der Waals surface area contributed by atoms with Gasteiger partial charge in [0.1, 0.15) is 18.3 Å². The minimum atomic E-state index is -1.71. The van der Waals surface area contributed by atoms with Gasteiger partial charge in [0.05, 0.1) is 6.10 Å². The second-order valence-corrected chi connectivity index (χ2v) is 6.38. The average Bonchev–Trinajstić information content (AvgIpc) is 2.68. The molecule has 0 amide bonds. The van der Waals surface area contributed by atoms with Crippen molar-refractivity contribution in [1.82, 2.24) is 0 Å². The predicted molar refractivity (Wildman–Crippen MR) is 61.2 cm³/mol. The number of alkyl halides is 3. The summed E-state index contributed by atoms with van der Waals surface area (Å²) in [6.45, 7) is 1.78. The third-order valence-electron chi connectivity index (χ3n) is 2.81. The second kappa shape index (κ2) is 4.98. The van der Waals surface area contributed by atoms with Crippen LogP contribution in [-0.2, 0) is 18.9 Å². The molecule has 0 saturated carbocycles. The van der Waals surface area contributed by atoms with Gasteiger partial charge in [-0.1, -0.05) is 34.8 Å². The van der Waals surface area contributed by atoms with Gasteiger partial charge in [0, 0.05) is 7.11 Å². The zero-order valence-electron chi connectivity index (χ0n) is 9.18. The maximum atomic E-state index is 9.96. The molecule has 6 atom stereocenters. The standard InChI is InChI=1S/C9H13Cl3O5/c1-3-5-6(4(13)7(14-2)15-3)17-8(16-5)9(10,11)12/h3-8,13H,1-2H3/t3-,4+,5-,6+,7+,8+/m0/s1. The Bertz CT molecular complexity index is 284. The molecule has 100 valence electrons. The van der Waals surface area contributed by atoms with Crippen LogP contribution in [0.1, 0.15) is 6.92 Å². The van der Waals surface area contributed by atoms with Gasteiger partial charge in [-0.3, -0.25) is 0 Å². The number of fused-ring (bicyclic) bond motifs is 1. The van der Waals surface area contributed by atoms with Crippen molar-refractivity contribution in [2.75, 3.05) is 7.11 Å². The van der Waals surface area contributed by atoms with Crippen molar-refractivity contribution < 1.29 is 24.1 Å².